The Labute approximate surface area is 368 Å². The monoisotopic (exact) mass is 914 g/mol. The fourth-order valence-corrected chi connectivity index (χ4v) is 27.0. The Morgan fingerprint density at radius 3 is 1.00 bits per heavy atom. The fraction of sp³-hybridized carbons (Fsp3) is 0.583. The molecule has 0 fully saturated rings. The van der Waals surface area contributed by atoms with Crippen molar-refractivity contribution < 1.29 is 49.5 Å². The molecular formula is C48H71BF6O5P2. The van der Waals surface area contributed by atoms with Crippen LogP contribution < -0.4 is 4.65 Å². The van der Waals surface area contributed by atoms with Crippen LogP contribution >= 0.6 is 13.7 Å². The van der Waals surface area contributed by atoms with Gasteiger partial charge in [0, 0.05) is 0 Å². The molecule has 3 aromatic carbocycles. The molecule has 62 heavy (non-hydrogen) atoms. The number of alkyl halides is 6. The van der Waals surface area contributed by atoms with E-state index in [4.69, 9.17) is 13.5 Å². The van der Waals surface area contributed by atoms with Crippen LogP contribution in [0.15, 0.2) is 78.9 Å². The van der Waals surface area contributed by atoms with Gasteiger partial charge in [-0.25, -0.2) is 0 Å². The van der Waals surface area contributed by atoms with Gasteiger partial charge in [0.25, 0.3) is 0 Å². The Hall–Kier alpha value is -2.78. The number of carbonyl (C=O) groups excluding carboxylic acids is 2. The maximum absolute atomic E-state index is 14.7. The summed E-state index contributed by atoms with van der Waals surface area (Å²) in [6, 6.07) is 18.8. The molecule has 0 unspecified atom stereocenters. The first-order chi connectivity index (χ1) is 28.5. The minimum absolute atomic E-state index is 0.0544. The van der Waals surface area contributed by atoms with Crippen molar-refractivity contribution in [3.05, 3.63) is 101 Å². The van der Waals surface area contributed by atoms with Gasteiger partial charge in [0.05, 0.1) is 0 Å². The van der Waals surface area contributed by atoms with Crippen LogP contribution in [-0.4, -0.2) is 68.2 Å². The van der Waals surface area contributed by atoms with Gasteiger partial charge in [-0.2, -0.15) is 0 Å². The van der Waals surface area contributed by atoms with Crippen molar-refractivity contribution in [2.24, 2.45) is 35.5 Å². The predicted molar refractivity (Wildman–Crippen MR) is 248 cm³/mol. The quantitative estimate of drug-likeness (QED) is 0.0388. The van der Waals surface area contributed by atoms with E-state index in [0.717, 1.165) is 0 Å². The molecule has 0 aliphatic carbocycles. The van der Waals surface area contributed by atoms with Crippen LogP contribution in [0.3, 0.4) is 0 Å². The maximum atomic E-state index is 14.7. The average molecular weight is 915 g/mol. The van der Waals surface area contributed by atoms with E-state index in [9.17, 15) is 35.9 Å². The summed E-state index contributed by atoms with van der Waals surface area (Å²) in [4.78, 5) is 29.5. The second-order valence-corrected chi connectivity index (χ2v) is 31.1. The summed E-state index contributed by atoms with van der Waals surface area (Å²) in [5.41, 5.74) is -2.18. The molecule has 14 heteroatoms. The van der Waals surface area contributed by atoms with Crippen molar-refractivity contribution in [1.29, 1.82) is 0 Å². The number of halogens is 6. The van der Waals surface area contributed by atoms with Crippen molar-refractivity contribution in [2.75, 3.05) is 49.3 Å². The number of rotatable bonds is 24. The number of hydrogen-bond acceptors (Lipinski definition) is 5. The van der Waals surface area contributed by atoms with Crippen LogP contribution in [-0.2, 0) is 21.2 Å². The Kier molecular flexibility index (Phi) is 18.2. The van der Waals surface area contributed by atoms with E-state index in [-0.39, 0.29) is 65.5 Å². The molecule has 0 aromatic heterocycles. The molecule has 0 radical (unpaired) electrons. The van der Waals surface area contributed by atoms with Crippen molar-refractivity contribution in [1.82, 2.24) is 0 Å². The fourth-order valence-electron chi connectivity index (χ4n) is 10.5. The first-order valence-corrected chi connectivity index (χ1v) is 27.8. The van der Waals surface area contributed by atoms with Crippen LogP contribution in [0.25, 0.3) is 0 Å². The Morgan fingerprint density at radius 1 is 0.484 bits per heavy atom. The third-order valence-electron chi connectivity index (χ3n) is 10.8. The molecule has 0 saturated carbocycles. The topological polar surface area (TPSA) is 61.8 Å². The van der Waals surface area contributed by atoms with Gasteiger partial charge in [-0.05, 0) is 0 Å². The molecule has 5 nitrogen and oxygen atoms in total. The summed E-state index contributed by atoms with van der Waals surface area (Å²) in [5, 5.41) is 0. The van der Waals surface area contributed by atoms with E-state index in [0.29, 0.717) is 60.2 Å². The number of hydrogen-bond donors (Lipinski definition) is 0. The van der Waals surface area contributed by atoms with E-state index in [2.05, 4.69) is 0 Å². The molecule has 3 aromatic rings. The number of carbonyl (C=O) groups is 2. The van der Waals surface area contributed by atoms with Gasteiger partial charge in [-0.3, -0.25) is 0 Å². The molecule has 0 heterocycles. The Balaban J connectivity index is 2.61. The molecule has 0 aliphatic rings. The third-order valence-corrected chi connectivity index (χ3v) is 24.4. The zero-order valence-electron chi connectivity index (χ0n) is 38.9. The van der Waals surface area contributed by atoms with Crippen molar-refractivity contribution in [3.8, 4) is 5.75 Å². The van der Waals surface area contributed by atoms with Crippen LogP contribution in [0, 0.1) is 35.5 Å². The molecule has 0 amide bonds. The zero-order chi connectivity index (χ0) is 46.9. The molecule has 348 valence electrons. The second kappa shape index (κ2) is 21.0. The summed E-state index contributed by atoms with van der Waals surface area (Å²) >= 11 is 0. The van der Waals surface area contributed by atoms with Gasteiger partial charge in [0.15, 0.2) is 0 Å². The van der Waals surface area contributed by atoms with Gasteiger partial charge in [-0.15, -0.1) is 0 Å². The van der Waals surface area contributed by atoms with Crippen LogP contribution in [0.4, 0.5) is 26.3 Å². The Bertz CT molecular complexity index is 1730. The molecular weight excluding hydrogens is 843 g/mol. The Morgan fingerprint density at radius 2 is 0.758 bits per heavy atom. The summed E-state index contributed by atoms with van der Waals surface area (Å²) in [6.45, 7) is 16.0. The van der Waals surface area contributed by atoms with Crippen molar-refractivity contribution in [3.63, 3.8) is 0 Å². The van der Waals surface area contributed by atoms with Crippen LogP contribution in [0.2, 0.25) is 0 Å². The summed E-state index contributed by atoms with van der Waals surface area (Å²) in [5.74, 6) is -1.47. The molecule has 0 spiro atoms. The normalized spacial score (nSPS) is 14.4. The second-order valence-electron chi connectivity index (χ2n) is 20.4. The van der Waals surface area contributed by atoms with Gasteiger partial charge in [0.2, 0.25) is 0 Å². The number of benzene rings is 3. The van der Waals surface area contributed by atoms with Gasteiger partial charge < -0.3 is 0 Å². The van der Waals surface area contributed by atoms with E-state index in [1.807, 2.05) is 95.2 Å². The summed E-state index contributed by atoms with van der Waals surface area (Å²) in [6.07, 6.45) is -8.01. The third kappa shape index (κ3) is 15.2. The first-order valence-electron chi connectivity index (χ1n) is 22.0. The average Bonchev–Trinajstić information content (AvgIpc) is 3.09. The summed E-state index contributed by atoms with van der Waals surface area (Å²) < 4.78 is 109. The van der Waals surface area contributed by atoms with Crippen molar-refractivity contribution in [2.45, 2.75) is 95.4 Å². The molecule has 0 N–H and O–H groups in total. The molecule has 0 aliphatic heterocycles. The summed E-state index contributed by atoms with van der Waals surface area (Å²) in [7, 11) is -1.89. The van der Waals surface area contributed by atoms with Gasteiger partial charge in [0.1, 0.15) is 0 Å². The standard InChI is InChI=1S/C48H71BF6O5P2/c1-34(2)26-61(27-35(3)4,28-36(5)6,32-45(56)40-19-15-13-16-20-40)59-49(58-44-24-42(47(50,51)52)23-43(25-44)48(53,54)55)60-62(29-37(7)8,30-38(9)10,31-39(11)12)33-46(57)41-21-17-14-18-22-41/h13-25,34-39H,26-33H2,1-12H3. The van der Waals surface area contributed by atoms with E-state index in [1.54, 1.807) is 48.5 Å². The van der Waals surface area contributed by atoms with E-state index >= 15 is 0 Å². The minimum atomic E-state index is -5.15. The number of ketones is 2. The molecule has 0 atom stereocenters. The SMILES string of the molecule is CC(C)CP(CC(=O)c1ccccc1)(CC(C)C)(CC(C)C)OB(Oc1cc(C(F)(F)F)cc(C(F)(F)F)c1)OP(CC(=O)c1ccccc1)(CC(C)C)(CC(C)C)CC(C)C. The van der Waals surface area contributed by atoms with E-state index in [1.165, 1.54) is 0 Å². The molecule has 0 saturated heterocycles. The molecule has 3 rings (SSSR count). The predicted octanol–water partition coefficient (Wildman–Crippen LogP) is 14.8. The van der Waals surface area contributed by atoms with Crippen LogP contribution in [0.1, 0.15) is 115 Å². The zero-order valence-corrected chi connectivity index (χ0v) is 40.7. The van der Waals surface area contributed by atoms with Crippen molar-refractivity contribution >= 4 is 32.5 Å². The number of Topliss-reactive ketones (excluding diaryl/α,β-unsaturated/α-hetero) is 2. The molecule has 0 bridgehead atoms. The van der Waals surface area contributed by atoms with E-state index < -0.39 is 50.2 Å². The van der Waals surface area contributed by atoms with Gasteiger partial charge in [-0.1, -0.05) is 0 Å². The first kappa shape index (κ1) is 53.6. The van der Waals surface area contributed by atoms with Crippen LogP contribution in [0.5, 0.6) is 5.75 Å². The van der Waals surface area contributed by atoms with Gasteiger partial charge >= 0.3 is 369 Å².